The van der Waals surface area contributed by atoms with E-state index in [2.05, 4.69) is 0 Å². The Morgan fingerprint density at radius 2 is 1.47 bits per heavy atom. The van der Waals surface area contributed by atoms with Gasteiger partial charge >= 0.3 is 12.4 Å². The van der Waals surface area contributed by atoms with E-state index in [9.17, 15) is 30.7 Å². The van der Waals surface area contributed by atoms with Gasteiger partial charge in [0.15, 0.2) is 0 Å². The van der Waals surface area contributed by atoms with Gasteiger partial charge in [-0.2, -0.15) is 26.3 Å². The van der Waals surface area contributed by atoms with Crippen LogP contribution in [0.1, 0.15) is 11.1 Å². The summed E-state index contributed by atoms with van der Waals surface area (Å²) >= 11 is 0. The maximum atomic E-state index is 12.6. The molecule has 1 aromatic rings. The highest BCUT2D eigenvalue weighted by Gasteiger charge is 2.45. The second-order valence-corrected chi connectivity index (χ2v) is 2.58. The van der Waals surface area contributed by atoms with Gasteiger partial charge in [-0.05, 0) is 6.07 Å². The van der Waals surface area contributed by atoms with Crippen molar-refractivity contribution in [2.45, 2.75) is 12.4 Å². The normalized spacial score (nSPS) is 13.0. The number of rotatable bonds is 0. The van der Waals surface area contributed by atoms with Crippen LogP contribution in [0.4, 0.5) is 30.7 Å². The second kappa shape index (κ2) is 3.39. The molecule has 83 valence electrons. The summed E-state index contributed by atoms with van der Waals surface area (Å²) in [7, 11) is 0. The molecule has 0 atom stereocenters. The Bertz CT molecular complexity index is 360. The highest BCUT2D eigenvalue weighted by Crippen LogP contribution is 2.41. The van der Waals surface area contributed by atoms with Gasteiger partial charge in [0.05, 0.1) is 5.56 Å². The summed E-state index contributed by atoms with van der Waals surface area (Å²) in [6.45, 7) is 0. The quantitative estimate of drug-likeness (QED) is 0.597. The summed E-state index contributed by atoms with van der Waals surface area (Å²) in [5.41, 5.74) is -4.39. The van der Waals surface area contributed by atoms with E-state index in [0.29, 0.717) is 6.07 Å². The van der Waals surface area contributed by atoms with E-state index in [4.69, 9.17) is 0 Å². The lowest BCUT2D eigenvalue weighted by atomic mass is 10.1. The van der Waals surface area contributed by atoms with Gasteiger partial charge in [-0.25, -0.2) is 4.39 Å². The molecule has 15 heavy (non-hydrogen) atoms. The highest BCUT2D eigenvalue weighted by atomic mass is 19.4. The topological polar surface area (TPSA) is 0 Å². The van der Waals surface area contributed by atoms with E-state index in [-0.39, 0.29) is 6.07 Å². The first-order valence-electron chi connectivity index (χ1n) is 3.48. The molecule has 0 bridgehead atoms. The van der Waals surface area contributed by atoms with Crippen molar-refractivity contribution in [1.29, 1.82) is 0 Å². The highest BCUT2D eigenvalue weighted by molar-refractivity contribution is 5.32. The van der Waals surface area contributed by atoms with E-state index in [1.807, 2.05) is 0 Å². The molecule has 1 radical (unpaired) electrons. The van der Waals surface area contributed by atoms with Crippen LogP contribution in [0.2, 0.25) is 0 Å². The van der Waals surface area contributed by atoms with E-state index in [0.717, 1.165) is 0 Å². The van der Waals surface area contributed by atoms with Crippen molar-refractivity contribution in [2.24, 2.45) is 0 Å². The fourth-order valence-corrected chi connectivity index (χ4v) is 0.985. The second-order valence-electron chi connectivity index (χ2n) is 2.58. The predicted molar refractivity (Wildman–Crippen MR) is 35.2 cm³/mol. The third-order valence-corrected chi connectivity index (χ3v) is 1.54. The van der Waals surface area contributed by atoms with Crippen LogP contribution >= 0.6 is 0 Å². The van der Waals surface area contributed by atoms with Crippen molar-refractivity contribution in [1.82, 2.24) is 0 Å². The molecule has 0 aliphatic heterocycles. The first-order chi connectivity index (χ1) is 6.64. The minimum atomic E-state index is -5.40. The number of benzene rings is 1. The van der Waals surface area contributed by atoms with Crippen LogP contribution in [0, 0.1) is 11.9 Å². The van der Waals surface area contributed by atoms with Gasteiger partial charge in [-0.15, -0.1) is 0 Å². The molecule has 0 amide bonds. The Kier molecular flexibility index (Phi) is 2.67. The molecule has 0 heterocycles. The fourth-order valence-electron chi connectivity index (χ4n) is 0.985. The monoisotopic (exact) mass is 231 g/mol. The molecule has 0 aliphatic rings. The standard InChI is InChI=1S/C8H2F7/c9-5-3-1-2-4(7(10,11)12)6(5)8(13,14)15/h1-2H. The molecule has 1 rings (SSSR count). The van der Waals surface area contributed by atoms with E-state index < -0.39 is 29.3 Å². The van der Waals surface area contributed by atoms with Gasteiger partial charge in [0.25, 0.3) is 0 Å². The van der Waals surface area contributed by atoms with Crippen LogP contribution in [0.3, 0.4) is 0 Å². The molecule has 1 aromatic carbocycles. The molecular weight excluding hydrogens is 229 g/mol. The van der Waals surface area contributed by atoms with Gasteiger partial charge in [0.1, 0.15) is 11.4 Å². The number of hydrogen-bond acceptors (Lipinski definition) is 0. The van der Waals surface area contributed by atoms with E-state index >= 15 is 0 Å². The Hall–Kier alpha value is -1.27. The number of alkyl halides is 6. The molecule has 0 fully saturated rings. The molecule has 0 aromatic heterocycles. The Labute approximate surface area is 79.3 Å². The average molecular weight is 231 g/mol. The Morgan fingerprint density at radius 3 is 1.80 bits per heavy atom. The fraction of sp³-hybridized carbons (Fsp3) is 0.250. The van der Waals surface area contributed by atoms with Crippen LogP contribution in [0.25, 0.3) is 0 Å². The van der Waals surface area contributed by atoms with Crippen molar-refractivity contribution in [3.8, 4) is 0 Å². The first kappa shape index (κ1) is 11.8. The van der Waals surface area contributed by atoms with Gasteiger partial charge in [0.2, 0.25) is 0 Å². The maximum absolute atomic E-state index is 12.6. The van der Waals surface area contributed by atoms with Gasteiger partial charge in [0, 0.05) is 6.07 Å². The largest absolute Gasteiger partial charge is 0.419 e. The molecule has 7 heteroatoms. The zero-order valence-corrected chi connectivity index (χ0v) is 6.80. The molecule has 0 N–H and O–H groups in total. The van der Waals surface area contributed by atoms with Crippen molar-refractivity contribution in [2.75, 3.05) is 0 Å². The third kappa shape index (κ3) is 2.40. The van der Waals surface area contributed by atoms with Crippen LogP contribution in [0.5, 0.6) is 0 Å². The summed E-state index contributed by atoms with van der Waals surface area (Å²) in [5, 5.41) is 0. The first-order valence-corrected chi connectivity index (χ1v) is 3.48. The van der Waals surface area contributed by atoms with Gasteiger partial charge in [-0.1, -0.05) is 6.07 Å². The molecule has 0 nitrogen and oxygen atoms in total. The van der Waals surface area contributed by atoms with Crippen molar-refractivity contribution < 1.29 is 30.7 Å². The zero-order chi connectivity index (χ0) is 11.9. The lowest BCUT2D eigenvalue weighted by Crippen LogP contribution is -2.18. The molecule has 0 saturated carbocycles. The van der Waals surface area contributed by atoms with Crippen molar-refractivity contribution in [3.63, 3.8) is 0 Å². The van der Waals surface area contributed by atoms with Crippen LogP contribution in [-0.4, -0.2) is 0 Å². The third-order valence-electron chi connectivity index (χ3n) is 1.54. The lowest BCUT2D eigenvalue weighted by molar-refractivity contribution is -0.163. The predicted octanol–water partition coefficient (Wildman–Crippen LogP) is 3.66. The SMILES string of the molecule is Fc1[c]ccc(C(F)(F)F)c1C(F)(F)F. The summed E-state index contributed by atoms with van der Waals surface area (Å²) in [6.07, 6.45) is -10.6. The Morgan fingerprint density at radius 1 is 0.933 bits per heavy atom. The minimum Gasteiger partial charge on any atom is -0.206 e. The minimum absolute atomic E-state index is 0.131. The molecule has 0 saturated heterocycles. The maximum Gasteiger partial charge on any atom is 0.419 e. The Balaban J connectivity index is 3.48. The summed E-state index contributed by atoms with van der Waals surface area (Å²) in [6, 6.07) is 2.01. The molecular formula is C8H2F7. The van der Waals surface area contributed by atoms with Crippen LogP contribution in [-0.2, 0) is 12.4 Å². The van der Waals surface area contributed by atoms with Crippen molar-refractivity contribution in [3.05, 3.63) is 35.1 Å². The van der Waals surface area contributed by atoms with E-state index in [1.54, 1.807) is 0 Å². The van der Waals surface area contributed by atoms with Crippen LogP contribution < -0.4 is 0 Å². The molecule has 0 aliphatic carbocycles. The summed E-state index contributed by atoms with van der Waals surface area (Å²) in [4.78, 5) is 0. The number of hydrogen-bond donors (Lipinski definition) is 0. The van der Waals surface area contributed by atoms with Crippen LogP contribution in [0.15, 0.2) is 12.1 Å². The molecule has 0 spiro atoms. The smallest absolute Gasteiger partial charge is 0.206 e. The molecule has 0 unspecified atom stereocenters. The number of halogens is 7. The zero-order valence-electron chi connectivity index (χ0n) is 6.80. The average Bonchev–Trinajstić information content (AvgIpc) is 1.99. The summed E-state index contributed by atoms with van der Waals surface area (Å²) in [5.74, 6) is -2.06. The summed E-state index contributed by atoms with van der Waals surface area (Å²) < 4.78 is 85.1. The lowest BCUT2D eigenvalue weighted by Gasteiger charge is -2.15. The van der Waals surface area contributed by atoms with Gasteiger partial charge < -0.3 is 0 Å². The van der Waals surface area contributed by atoms with Crippen molar-refractivity contribution >= 4 is 0 Å². The van der Waals surface area contributed by atoms with Gasteiger partial charge in [-0.3, -0.25) is 0 Å². The van der Waals surface area contributed by atoms with E-state index in [1.165, 1.54) is 6.07 Å².